The Kier molecular flexibility index (Phi) is 35.9. The van der Waals surface area contributed by atoms with Crippen LogP contribution in [-0.4, -0.2) is 70.7 Å². The lowest BCUT2D eigenvalue weighted by atomic mass is 10.1. The number of hydrogen-bond acceptors (Lipinski definition) is 7. The summed E-state index contributed by atoms with van der Waals surface area (Å²) in [6, 6.07) is 0. The number of ether oxygens (including phenoxy) is 2. The lowest BCUT2D eigenvalue weighted by Crippen LogP contribution is -2.37. The molecule has 0 rings (SSSR count). The Labute approximate surface area is 326 Å². The number of rotatable bonds is 38. The van der Waals surface area contributed by atoms with Gasteiger partial charge in [0, 0.05) is 13.0 Å². The molecule has 0 amide bonds. The molecule has 2 atom stereocenters. The molecule has 0 aliphatic carbocycles. The van der Waals surface area contributed by atoms with E-state index in [9.17, 15) is 14.3 Å². The van der Waals surface area contributed by atoms with Crippen LogP contribution >= 0.6 is 7.82 Å². The molecule has 308 valence electrons. The lowest BCUT2D eigenvalue weighted by molar-refractivity contribution is -0.870. The highest BCUT2D eigenvalue weighted by Gasteiger charge is 2.20. The van der Waals surface area contributed by atoms with Crippen LogP contribution in [0.2, 0.25) is 0 Å². The van der Waals surface area contributed by atoms with Gasteiger partial charge in [-0.1, -0.05) is 139 Å². The number of carbonyl (C=O) groups excluding carboxylic acids is 1. The van der Waals surface area contributed by atoms with Crippen molar-refractivity contribution >= 4 is 13.8 Å². The Morgan fingerprint density at radius 1 is 0.604 bits per heavy atom. The minimum absolute atomic E-state index is 0.0189. The Bertz CT molecular complexity index is 1030. The van der Waals surface area contributed by atoms with E-state index in [-0.39, 0.29) is 25.8 Å². The molecule has 0 saturated carbocycles. The van der Waals surface area contributed by atoms with Crippen LogP contribution in [-0.2, 0) is 27.9 Å². The molecule has 0 aliphatic rings. The summed E-state index contributed by atoms with van der Waals surface area (Å²) in [5, 5.41) is 0. The largest absolute Gasteiger partial charge is 0.756 e. The van der Waals surface area contributed by atoms with Crippen LogP contribution in [0.3, 0.4) is 0 Å². The number of unbranched alkanes of at least 4 members (excludes halogenated alkanes) is 14. The molecule has 0 spiro atoms. The van der Waals surface area contributed by atoms with Crippen LogP contribution in [0.5, 0.6) is 0 Å². The maximum atomic E-state index is 12.6. The van der Waals surface area contributed by atoms with Crippen molar-refractivity contribution in [3.8, 4) is 0 Å². The first kappa shape index (κ1) is 51.2. The molecular formula is C44H80NO7P. The van der Waals surface area contributed by atoms with Crippen LogP contribution in [0.1, 0.15) is 155 Å². The Hall–Kier alpha value is -1.80. The summed E-state index contributed by atoms with van der Waals surface area (Å²) in [6.45, 7) is 5.18. The van der Waals surface area contributed by atoms with E-state index in [4.69, 9.17) is 18.5 Å². The lowest BCUT2D eigenvalue weighted by Gasteiger charge is -2.28. The van der Waals surface area contributed by atoms with E-state index in [0.29, 0.717) is 24.1 Å². The number of phosphoric acid groups is 1. The normalized spacial score (nSPS) is 14.5. The van der Waals surface area contributed by atoms with E-state index in [2.05, 4.69) is 74.6 Å². The number of quaternary nitrogens is 1. The number of esters is 1. The van der Waals surface area contributed by atoms with Crippen molar-refractivity contribution in [2.75, 3.05) is 54.1 Å². The highest BCUT2D eigenvalue weighted by atomic mass is 31.2. The first-order valence-corrected chi connectivity index (χ1v) is 22.5. The average molecular weight is 766 g/mol. The van der Waals surface area contributed by atoms with Gasteiger partial charge in [-0.25, -0.2) is 0 Å². The molecule has 9 heteroatoms. The molecule has 8 nitrogen and oxygen atoms in total. The zero-order chi connectivity index (χ0) is 39.1. The van der Waals surface area contributed by atoms with Crippen LogP contribution in [0.15, 0.2) is 60.8 Å². The third-order valence-electron chi connectivity index (χ3n) is 8.53. The highest BCUT2D eigenvalue weighted by Crippen LogP contribution is 2.38. The fraction of sp³-hybridized carbons (Fsp3) is 0.750. The van der Waals surface area contributed by atoms with Gasteiger partial charge in [-0.15, -0.1) is 0 Å². The summed E-state index contributed by atoms with van der Waals surface area (Å²) < 4.78 is 34.5. The topological polar surface area (TPSA) is 94.1 Å². The number of nitrogens with zero attached hydrogens (tertiary/aromatic N) is 1. The van der Waals surface area contributed by atoms with Crippen molar-refractivity contribution in [1.82, 2.24) is 0 Å². The fourth-order valence-corrected chi connectivity index (χ4v) is 6.03. The summed E-state index contributed by atoms with van der Waals surface area (Å²) in [5.74, 6) is -0.354. The van der Waals surface area contributed by atoms with Crippen molar-refractivity contribution in [3.05, 3.63) is 60.8 Å². The summed E-state index contributed by atoms with van der Waals surface area (Å²) >= 11 is 0. The van der Waals surface area contributed by atoms with E-state index in [1.807, 2.05) is 21.1 Å². The van der Waals surface area contributed by atoms with Gasteiger partial charge in [-0.05, 0) is 70.6 Å². The van der Waals surface area contributed by atoms with Gasteiger partial charge in [0.25, 0.3) is 7.82 Å². The molecule has 53 heavy (non-hydrogen) atoms. The molecular weight excluding hydrogens is 685 g/mol. The van der Waals surface area contributed by atoms with Gasteiger partial charge in [0.05, 0.1) is 34.4 Å². The molecule has 0 saturated heterocycles. The standard InChI is InChI=1S/C44H80NO7P/c1-6-8-10-12-14-16-18-20-21-22-23-24-26-28-30-32-34-36-39-49-41-43(42-51-53(47,48)50-40-38-45(3,4)5)52-44(46)37-35-33-31-29-27-25-19-17-15-13-11-9-7-2/h8,10-11,13-14,16-17,19-21,43H,6-7,9,12,15,18,22-42H2,1-5H3/b10-8-,13-11-,16-14-,19-17-,21-20-. The van der Waals surface area contributed by atoms with Gasteiger partial charge in [0.1, 0.15) is 19.3 Å². The summed E-state index contributed by atoms with van der Waals surface area (Å²) in [5.41, 5.74) is 0. The smallest absolute Gasteiger partial charge is 0.306 e. The predicted molar refractivity (Wildman–Crippen MR) is 222 cm³/mol. The predicted octanol–water partition coefficient (Wildman–Crippen LogP) is 11.5. The number of allylic oxidation sites excluding steroid dienone is 10. The molecule has 0 fully saturated rings. The minimum atomic E-state index is -4.53. The van der Waals surface area contributed by atoms with Crippen LogP contribution in [0, 0.1) is 0 Å². The molecule has 0 aliphatic heterocycles. The zero-order valence-corrected chi connectivity index (χ0v) is 35.6. The molecule has 0 aromatic carbocycles. The summed E-state index contributed by atoms with van der Waals surface area (Å²) in [6.07, 6.45) is 45.1. The monoisotopic (exact) mass is 766 g/mol. The molecule has 0 bridgehead atoms. The first-order chi connectivity index (χ1) is 25.6. The van der Waals surface area contributed by atoms with Gasteiger partial charge in [0.2, 0.25) is 0 Å². The number of likely N-dealkylation sites (N-methyl/N-ethyl adjacent to an activating group) is 1. The van der Waals surface area contributed by atoms with Crippen molar-refractivity contribution < 1.29 is 37.3 Å². The summed E-state index contributed by atoms with van der Waals surface area (Å²) in [7, 11) is 1.33. The average Bonchev–Trinajstić information content (AvgIpc) is 3.11. The van der Waals surface area contributed by atoms with E-state index < -0.39 is 13.9 Å². The number of carbonyl (C=O) groups is 1. The van der Waals surface area contributed by atoms with Gasteiger partial charge in [-0.3, -0.25) is 9.36 Å². The fourth-order valence-electron chi connectivity index (χ4n) is 5.30. The second kappa shape index (κ2) is 37.1. The molecule has 0 aromatic rings. The quantitative estimate of drug-likeness (QED) is 0.0203. The van der Waals surface area contributed by atoms with E-state index in [1.54, 1.807) is 0 Å². The Morgan fingerprint density at radius 2 is 1.09 bits per heavy atom. The van der Waals surface area contributed by atoms with Gasteiger partial charge in [-0.2, -0.15) is 0 Å². The minimum Gasteiger partial charge on any atom is -0.756 e. The second-order valence-electron chi connectivity index (χ2n) is 15.0. The Balaban J connectivity index is 4.27. The van der Waals surface area contributed by atoms with Crippen LogP contribution in [0.25, 0.3) is 0 Å². The van der Waals surface area contributed by atoms with E-state index in [1.165, 1.54) is 44.9 Å². The van der Waals surface area contributed by atoms with Crippen molar-refractivity contribution in [2.45, 2.75) is 161 Å². The van der Waals surface area contributed by atoms with Crippen molar-refractivity contribution in [3.63, 3.8) is 0 Å². The van der Waals surface area contributed by atoms with E-state index >= 15 is 0 Å². The SMILES string of the molecule is CC/C=C\C/C=C\C/C=C\CCCCCCCCCCOCC(COP(=O)([O-])OCC[N+](C)(C)C)OC(=O)CCCCCCC/C=C\C/C=C\CCC. The third kappa shape index (κ3) is 41.2. The van der Waals surface area contributed by atoms with Crippen molar-refractivity contribution in [2.24, 2.45) is 0 Å². The second-order valence-corrected chi connectivity index (χ2v) is 16.4. The van der Waals surface area contributed by atoms with Crippen molar-refractivity contribution in [1.29, 1.82) is 0 Å². The Morgan fingerprint density at radius 3 is 1.64 bits per heavy atom. The van der Waals surface area contributed by atoms with E-state index in [0.717, 1.165) is 89.9 Å². The molecule has 0 heterocycles. The van der Waals surface area contributed by atoms with Gasteiger partial charge in [0.15, 0.2) is 0 Å². The first-order valence-electron chi connectivity index (χ1n) is 21.0. The summed E-state index contributed by atoms with van der Waals surface area (Å²) in [4.78, 5) is 25.0. The maximum absolute atomic E-state index is 12.6. The van der Waals surface area contributed by atoms with Crippen LogP contribution in [0.4, 0.5) is 0 Å². The van der Waals surface area contributed by atoms with Crippen LogP contribution < -0.4 is 4.89 Å². The number of phosphoric ester groups is 1. The number of hydrogen-bond donors (Lipinski definition) is 0. The van der Waals surface area contributed by atoms with Gasteiger partial charge < -0.3 is 27.9 Å². The maximum Gasteiger partial charge on any atom is 0.306 e. The molecule has 0 aromatic heterocycles. The zero-order valence-electron chi connectivity index (χ0n) is 34.7. The molecule has 0 radical (unpaired) electrons. The van der Waals surface area contributed by atoms with Gasteiger partial charge >= 0.3 is 5.97 Å². The molecule has 0 N–H and O–H groups in total. The molecule has 2 unspecified atom stereocenters. The third-order valence-corrected chi connectivity index (χ3v) is 9.50. The highest BCUT2D eigenvalue weighted by molar-refractivity contribution is 7.45.